The van der Waals surface area contributed by atoms with Crippen molar-refractivity contribution in [2.45, 2.75) is 0 Å². The van der Waals surface area contributed by atoms with Crippen molar-refractivity contribution in [3.8, 4) is 6.07 Å². The lowest BCUT2D eigenvalue weighted by molar-refractivity contribution is -0.125. The van der Waals surface area contributed by atoms with E-state index in [-0.39, 0.29) is 11.5 Å². The summed E-state index contributed by atoms with van der Waals surface area (Å²) in [7, 11) is 0. The molecule has 1 aromatic heterocycles. The Bertz CT molecular complexity index is 661. The van der Waals surface area contributed by atoms with Gasteiger partial charge in [0.2, 0.25) is 5.95 Å². The van der Waals surface area contributed by atoms with Gasteiger partial charge in [-0.2, -0.15) is 5.26 Å². The Balaban J connectivity index is 2.01. The average Bonchev–Trinajstić information content (AvgIpc) is 2.66. The highest BCUT2D eigenvalue weighted by Gasteiger charge is 2.21. The van der Waals surface area contributed by atoms with E-state index in [0.717, 1.165) is 13.1 Å². The molecule has 1 fully saturated rings. The molecule has 7 nitrogen and oxygen atoms in total. The number of rotatable bonds is 7. The first-order valence-corrected chi connectivity index (χ1v) is 8.08. The standard InChI is InChI=1S/C18H22N6O/c1-3-8-23(9-4-2)17(25)16(14-19)15-22-10-12-24(13-11-22)18-20-6-5-7-21-18/h3-7,15H,1-2,8-13H2/b16-15-. The number of carbonyl (C=O) groups is 1. The van der Waals surface area contributed by atoms with Crippen LogP contribution in [0.1, 0.15) is 0 Å². The molecule has 130 valence electrons. The summed E-state index contributed by atoms with van der Waals surface area (Å²) in [5, 5.41) is 9.37. The summed E-state index contributed by atoms with van der Waals surface area (Å²) in [6.45, 7) is 10.9. The molecule has 0 radical (unpaired) electrons. The first-order valence-electron chi connectivity index (χ1n) is 8.08. The highest BCUT2D eigenvalue weighted by Crippen LogP contribution is 2.12. The van der Waals surface area contributed by atoms with Gasteiger partial charge in [-0.05, 0) is 6.07 Å². The van der Waals surface area contributed by atoms with E-state index in [1.54, 1.807) is 36.8 Å². The molecule has 0 saturated carbocycles. The van der Waals surface area contributed by atoms with E-state index in [0.29, 0.717) is 32.1 Å². The highest BCUT2D eigenvalue weighted by atomic mass is 16.2. The van der Waals surface area contributed by atoms with E-state index in [4.69, 9.17) is 0 Å². The van der Waals surface area contributed by atoms with Crippen molar-refractivity contribution in [1.29, 1.82) is 5.26 Å². The van der Waals surface area contributed by atoms with Gasteiger partial charge < -0.3 is 14.7 Å². The van der Waals surface area contributed by atoms with Gasteiger partial charge in [0, 0.05) is 57.9 Å². The number of carbonyl (C=O) groups excluding carboxylic acids is 1. The summed E-state index contributed by atoms with van der Waals surface area (Å²) in [4.78, 5) is 26.6. The first kappa shape index (κ1) is 18.2. The maximum atomic E-state index is 12.5. The number of nitrogens with zero attached hydrogens (tertiary/aromatic N) is 6. The molecule has 1 aromatic rings. The molecular formula is C18H22N6O. The largest absolute Gasteiger partial charge is 0.373 e. The molecule has 1 saturated heterocycles. The fraction of sp³-hybridized carbons (Fsp3) is 0.333. The Morgan fingerprint density at radius 2 is 1.80 bits per heavy atom. The Morgan fingerprint density at radius 1 is 1.20 bits per heavy atom. The average molecular weight is 338 g/mol. The van der Waals surface area contributed by atoms with Crippen LogP contribution in [0.5, 0.6) is 0 Å². The number of hydrogen-bond donors (Lipinski definition) is 0. The van der Waals surface area contributed by atoms with E-state index in [1.807, 2.05) is 11.0 Å². The molecule has 0 aromatic carbocycles. The third-order valence-corrected chi connectivity index (χ3v) is 3.80. The summed E-state index contributed by atoms with van der Waals surface area (Å²) in [5.74, 6) is 0.391. The van der Waals surface area contributed by atoms with E-state index in [2.05, 4.69) is 28.0 Å². The van der Waals surface area contributed by atoms with Gasteiger partial charge in [0.15, 0.2) is 0 Å². The van der Waals surface area contributed by atoms with E-state index in [1.165, 1.54) is 4.90 Å². The SMILES string of the molecule is C=CCN(CC=C)C(=O)/C(C#N)=C\N1CCN(c2ncccn2)CC1. The molecule has 0 N–H and O–H groups in total. The molecule has 0 bridgehead atoms. The van der Waals surface area contributed by atoms with Crippen LogP contribution >= 0.6 is 0 Å². The highest BCUT2D eigenvalue weighted by molar-refractivity contribution is 5.97. The summed E-state index contributed by atoms with van der Waals surface area (Å²) >= 11 is 0. The Hall–Kier alpha value is -3.14. The number of nitriles is 1. The molecule has 0 unspecified atom stereocenters. The van der Waals surface area contributed by atoms with Crippen LogP contribution in [0, 0.1) is 11.3 Å². The molecule has 2 rings (SSSR count). The molecule has 0 spiro atoms. The zero-order chi connectivity index (χ0) is 18.1. The van der Waals surface area contributed by atoms with Gasteiger partial charge in [0.1, 0.15) is 11.6 Å². The van der Waals surface area contributed by atoms with Crippen LogP contribution in [-0.4, -0.2) is 64.9 Å². The third-order valence-electron chi connectivity index (χ3n) is 3.80. The van der Waals surface area contributed by atoms with E-state index >= 15 is 0 Å². The fourth-order valence-electron chi connectivity index (χ4n) is 2.54. The molecule has 1 aliphatic rings. The van der Waals surface area contributed by atoms with Gasteiger partial charge in [-0.15, -0.1) is 13.2 Å². The Morgan fingerprint density at radius 3 is 2.32 bits per heavy atom. The molecule has 1 aliphatic heterocycles. The minimum absolute atomic E-state index is 0.119. The maximum Gasteiger partial charge on any atom is 0.266 e. The van der Waals surface area contributed by atoms with E-state index < -0.39 is 0 Å². The molecule has 1 amide bonds. The minimum Gasteiger partial charge on any atom is -0.373 e. The summed E-state index contributed by atoms with van der Waals surface area (Å²) in [5.41, 5.74) is 0.119. The predicted octanol–water partition coefficient (Wildman–Crippen LogP) is 1.21. The predicted molar refractivity (Wildman–Crippen MR) is 96.5 cm³/mol. The number of piperazine rings is 1. The summed E-state index contributed by atoms with van der Waals surface area (Å²) in [6, 6.07) is 3.79. The molecule has 0 aliphatic carbocycles. The summed E-state index contributed by atoms with van der Waals surface area (Å²) in [6.07, 6.45) is 8.35. The first-order chi connectivity index (χ1) is 12.2. The van der Waals surface area contributed by atoms with Crippen molar-refractivity contribution >= 4 is 11.9 Å². The number of amides is 1. The van der Waals surface area contributed by atoms with E-state index in [9.17, 15) is 10.1 Å². The van der Waals surface area contributed by atoms with Crippen molar-refractivity contribution < 1.29 is 4.79 Å². The second-order valence-corrected chi connectivity index (χ2v) is 5.51. The van der Waals surface area contributed by atoms with Crippen molar-refractivity contribution in [3.05, 3.63) is 55.5 Å². The minimum atomic E-state index is -0.309. The van der Waals surface area contributed by atoms with Gasteiger partial charge in [-0.3, -0.25) is 4.79 Å². The van der Waals surface area contributed by atoms with Crippen LogP contribution in [0.25, 0.3) is 0 Å². The van der Waals surface area contributed by atoms with Crippen molar-refractivity contribution in [2.75, 3.05) is 44.2 Å². The zero-order valence-corrected chi connectivity index (χ0v) is 14.2. The second kappa shape index (κ2) is 9.23. The Kier molecular flexibility index (Phi) is 6.72. The summed E-state index contributed by atoms with van der Waals surface area (Å²) < 4.78 is 0. The van der Waals surface area contributed by atoms with Crippen LogP contribution in [0.3, 0.4) is 0 Å². The van der Waals surface area contributed by atoms with Crippen molar-refractivity contribution in [2.24, 2.45) is 0 Å². The van der Waals surface area contributed by atoms with Crippen LogP contribution in [0.15, 0.2) is 55.5 Å². The van der Waals surface area contributed by atoms with Crippen molar-refractivity contribution in [1.82, 2.24) is 19.8 Å². The lowest BCUT2D eigenvalue weighted by Gasteiger charge is -2.34. The molecule has 0 atom stereocenters. The van der Waals surface area contributed by atoms with Crippen LogP contribution in [0.2, 0.25) is 0 Å². The van der Waals surface area contributed by atoms with Crippen molar-refractivity contribution in [3.63, 3.8) is 0 Å². The van der Waals surface area contributed by atoms with Gasteiger partial charge >= 0.3 is 0 Å². The number of aromatic nitrogens is 2. The smallest absolute Gasteiger partial charge is 0.266 e. The normalized spacial score (nSPS) is 14.6. The maximum absolute atomic E-state index is 12.5. The van der Waals surface area contributed by atoms with Gasteiger partial charge in [-0.25, -0.2) is 9.97 Å². The van der Waals surface area contributed by atoms with Crippen LogP contribution in [-0.2, 0) is 4.79 Å². The van der Waals surface area contributed by atoms with Gasteiger partial charge in [0.05, 0.1) is 0 Å². The zero-order valence-electron chi connectivity index (χ0n) is 14.2. The fourth-order valence-corrected chi connectivity index (χ4v) is 2.54. The molecule has 2 heterocycles. The van der Waals surface area contributed by atoms with Gasteiger partial charge in [0.25, 0.3) is 5.91 Å². The molecular weight excluding hydrogens is 316 g/mol. The van der Waals surface area contributed by atoms with Crippen LogP contribution in [0.4, 0.5) is 5.95 Å². The quantitative estimate of drug-likeness (QED) is 0.422. The van der Waals surface area contributed by atoms with Crippen LogP contribution < -0.4 is 4.90 Å². The second-order valence-electron chi connectivity index (χ2n) is 5.51. The number of hydrogen-bond acceptors (Lipinski definition) is 6. The van der Waals surface area contributed by atoms with Gasteiger partial charge in [-0.1, -0.05) is 12.2 Å². The monoisotopic (exact) mass is 338 g/mol. The topological polar surface area (TPSA) is 76.4 Å². The molecule has 7 heteroatoms. The lowest BCUT2D eigenvalue weighted by atomic mass is 10.2. The number of anilines is 1. The Labute approximate surface area is 148 Å². The third kappa shape index (κ3) is 4.91. The lowest BCUT2D eigenvalue weighted by Crippen LogP contribution is -2.45. The molecule has 25 heavy (non-hydrogen) atoms.